The van der Waals surface area contributed by atoms with Gasteiger partial charge in [0, 0.05) is 39.3 Å². The SMILES string of the molecule is CC(CN)CN1CCN(Cc2cccc(O)c2)CC1. The minimum absolute atomic E-state index is 0.355. The van der Waals surface area contributed by atoms with Gasteiger partial charge in [-0.3, -0.25) is 4.90 Å². The number of benzene rings is 1. The predicted molar refractivity (Wildman–Crippen MR) is 78.0 cm³/mol. The lowest BCUT2D eigenvalue weighted by Gasteiger charge is -2.35. The zero-order valence-electron chi connectivity index (χ0n) is 11.8. The van der Waals surface area contributed by atoms with Gasteiger partial charge in [-0.2, -0.15) is 0 Å². The van der Waals surface area contributed by atoms with E-state index in [-0.39, 0.29) is 0 Å². The summed E-state index contributed by atoms with van der Waals surface area (Å²) in [7, 11) is 0. The van der Waals surface area contributed by atoms with Gasteiger partial charge in [0.05, 0.1) is 0 Å². The summed E-state index contributed by atoms with van der Waals surface area (Å²) in [4.78, 5) is 4.94. The molecule has 1 unspecified atom stereocenters. The van der Waals surface area contributed by atoms with E-state index in [1.807, 2.05) is 12.1 Å². The first-order chi connectivity index (χ1) is 9.17. The standard InChI is InChI=1S/C15H25N3O/c1-13(10-16)11-17-5-7-18(8-6-17)12-14-3-2-4-15(19)9-14/h2-4,9,13,19H,5-8,10-12,16H2,1H3. The number of hydrogen-bond donors (Lipinski definition) is 2. The Labute approximate surface area is 115 Å². The second-order valence-corrected chi connectivity index (χ2v) is 5.59. The maximum atomic E-state index is 9.47. The molecule has 4 heteroatoms. The van der Waals surface area contributed by atoms with Crippen LogP contribution in [0.5, 0.6) is 5.75 Å². The molecular formula is C15H25N3O. The minimum atomic E-state index is 0.355. The molecule has 1 fully saturated rings. The number of phenols is 1. The Morgan fingerprint density at radius 3 is 2.53 bits per heavy atom. The Hall–Kier alpha value is -1.10. The van der Waals surface area contributed by atoms with Crippen LogP contribution in [0.15, 0.2) is 24.3 Å². The van der Waals surface area contributed by atoms with Gasteiger partial charge in [-0.05, 0) is 30.2 Å². The number of piperazine rings is 1. The van der Waals surface area contributed by atoms with Crippen molar-refractivity contribution in [1.82, 2.24) is 9.80 Å². The average Bonchev–Trinajstić information content (AvgIpc) is 2.41. The number of rotatable bonds is 5. The van der Waals surface area contributed by atoms with E-state index in [0.29, 0.717) is 11.7 Å². The highest BCUT2D eigenvalue weighted by molar-refractivity contribution is 5.27. The molecule has 1 heterocycles. The molecule has 19 heavy (non-hydrogen) atoms. The van der Waals surface area contributed by atoms with E-state index in [9.17, 15) is 5.11 Å². The van der Waals surface area contributed by atoms with Crippen LogP contribution in [-0.2, 0) is 6.54 Å². The van der Waals surface area contributed by atoms with Crippen LogP contribution in [0.4, 0.5) is 0 Å². The predicted octanol–water partition coefficient (Wildman–Crippen LogP) is 1.10. The number of nitrogens with zero attached hydrogens (tertiary/aromatic N) is 2. The Morgan fingerprint density at radius 2 is 1.89 bits per heavy atom. The van der Waals surface area contributed by atoms with Gasteiger partial charge in [0.2, 0.25) is 0 Å². The van der Waals surface area contributed by atoms with Crippen molar-refractivity contribution in [1.29, 1.82) is 0 Å². The highest BCUT2D eigenvalue weighted by Gasteiger charge is 2.18. The summed E-state index contributed by atoms with van der Waals surface area (Å²) in [6, 6.07) is 7.55. The van der Waals surface area contributed by atoms with Crippen molar-refractivity contribution in [2.45, 2.75) is 13.5 Å². The number of nitrogens with two attached hydrogens (primary N) is 1. The van der Waals surface area contributed by atoms with Crippen molar-refractivity contribution in [2.75, 3.05) is 39.3 Å². The van der Waals surface area contributed by atoms with E-state index >= 15 is 0 Å². The molecule has 0 amide bonds. The molecule has 1 aromatic carbocycles. The molecular weight excluding hydrogens is 238 g/mol. The fraction of sp³-hybridized carbons (Fsp3) is 0.600. The molecule has 1 aliphatic heterocycles. The smallest absolute Gasteiger partial charge is 0.115 e. The van der Waals surface area contributed by atoms with Gasteiger partial charge in [-0.25, -0.2) is 0 Å². The molecule has 1 atom stereocenters. The Balaban J connectivity index is 1.77. The molecule has 0 bridgehead atoms. The van der Waals surface area contributed by atoms with E-state index in [2.05, 4.69) is 22.8 Å². The first kappa shape index (κ1) is 14.3. The highest BCUT2D eigenvalue weighted by atomic mass is 16.3. The third kappa shape index (κ3) is 4.49. The van der Waals surface area contributed by atoms with Gasteiger partial charge < -0.3 is 15.7 Å². The summed E-state index contributed by atoms with van der Waals surface area (Å²) in [5.41, 5.74) is 6.86. The number of phenolic OH excluding ortho intramolecular Hbond substituents is 1. The summed E-state index contributed by atoms with van der Waals surface area (Å²) in [5, 5.41) is 9.47. The van der Waals surface area contributed by atoms with Crippen LogP contribution in [0.3, 0.4) is 0 Å². The topological polar surface area (TPSA) is 52.7 Å². The second-order valence-electron chi connectivity index (χ2n) is 5.59. The minimum Gasteiger partial charge on any atom is -0.508 e. The van der Waals surface area contributed by atoms with Crippen LogP contribution in [-0.4, -0.2) is 54.2 Å². The first-order valence-electron chi connectivity index (χ1n) is 7.10. The summed E-state index contributed by atoms with van der Waals surface area (Å²) >= 11 is 0. The lowest BCUT2D eigenvalue weighted by atomic mass is 10.1. The molecule has 0 saturated carbocycles. The Kier molecular flexibility index (Phi) is 5.19. The van der Waals surface area contributed by atoms with Gasteiger partial charge >= 0.3 is 0 Å². The molecule has 0 aliphatic carbocycles. The van der Waals surface area contributed by atoms with Crippen LogP contribution < -0.4 is 5.73 Å². The third-order valence-electron chi connectivity index (χ3n) is 3.75. The van der Waals surface area contributed by atoms with Gasteiger partial charge in [0.1, 0.15) is 5.75 Å². The molecule has 3 N–H and O–H groups in total. The molecule has 0 aromatic heterocycles. The van der Waals surface area contributed by atoms with Crippen molar-refractivity contribution >= 4 is 0 Å². The molecule has 1 aromatic rings. The van der Waals surface area contributed by atoms with Crippen LogP contribution in [0.2, 0.25) is 0 Å². The maximum Gasteiger partial charge on any atom is 0.115 e. The zero-order chi connectivity index (χ0) is 13.7. The van der Waals surface area contributed by atoms with Crippen molar-refractivity contribution in [3.8, 4) is 5.75 Å². The van der Waals surface area contributed by atoms with Crippen molar-refractivity contribution < 1.29 is 5.11 Å². The lowest BCUT2D eigenvalue weighted by Crippen LogP contribution is -2.47. The molecule has 106 valence electrons. The normalized spacial score (nSPS) is 19.5. The van der Waals surface area contributed by atoms with Gasteiger partial charge in [-0.1, -0.05) is 19.1 Å². The molecule has 0 spiro atoms. The largest absolute Gasteiger partial charge is 0.508 e. The van der Waals surface area contributed by atoms with Crippen molar-refractivity contribution in [3.05, 3.63) is 29.8 Å². The third-order valence-corrected chi connectivity index (χ3v) is 3.75. The fourth-order valence-electron chi connectivity index (χ4n) is 2.56. The van der Waals surface area contributed by atoms with Crippen LogP contribution in [0.25, 0.3) is 0 Å². The van der Waals surface area contributed by atoms with E-state index in [4.69, 9.17) is 5.73 Å². The molecule has 2 rings (SSSR count). The van der Waals surface area contributed by atoms with Gasteiger partial charge in [0.15, 0.2) is 0 Å². The van der Waals surface area contributed by atoms with Crippen LogP contribution in [0, 0.1) is 5.92 Å². The molecule has 1 saturated heterocycles. The lowest BCUT2D eigenvalue weighted by molar-refractivity contribution is 0.116. The summed E-state index contributed by atoms with van der Waals surface area (Å²) in [5.74, 6) is 0.936. The summed E-state index contributed by atoms with van der Waals surface area (Å²) in [6.07, 6.45) is 0. The monoisotopic (exact) mass is 263 g/mol. The quantitative estimate of drug-likeness (QED) is 0.835. The van der Waals surface area contributed by atoms with Crippen molar-refractivity contribution in [3.63, 3.8) is 0 Å². The average molecular weight is 263 g/mol. The molecule has 4 nitrogen and oxygen atoms in total. The summed E-state index contributed by atoms with van der Waals surface area (Å²) < 4.78 is 0. The maximum absolute atomic E-state index is 9.47. The number of aromatic hydroxyl groups is 1. The Bertz CT molecular complexity index is 389. The van der Waals surface area contributed by atoms with E-state index in [1.54, 1.807) is 6.07 Å². The molecule has 1 aliphatic rings. The number of hydrogen-bond acceptors (Lipinski definition) is 4. The zero-order valence-corrected chi connectivity index (χ0v) is 11.8. The second kappa shape index (κ2) is 6.89. The van der Waals surface area contributed by atoms with Gasteiger partial charge in [0.25, 0.3) is 0 Å². The summed E-state index contributed by atoms with van der Waals surface area (Å²) in [6.45, 7) is 9.42. The van der Waals surface area contributed by atoms with Crippen LogP contribution in [0.1, 0.15) is 12.5 Å². The van der Waals surface area contributed by atoms with Crippen LogP contribution >= 0.6 is 0 Å². The van der Waals surface area contributed by atoms with E-state index < -0.39 is 0 Å². The van der Waals surface area contributed by atoms with Crippen molar-refractivity contribution in [2.24, 2.45) is 11.7 Å². The van der Waals surface area contributed by atoms with Gasteiger partial charge in [-0.15, -0.1) is 0 Å². The first-order valence-corrected chi connectivity index (χ1v) is 7.10. The molecule has 0 radical (unpaired) electrons. The fourth-order valence-corrected chi connectivity index (χ4v) is 2.56. The Morgan fingerprint density at radius 1 is 1.21 bits per heavy atom. The highest BCUT2D eigenvalue weighted by Crippen LogP contribution is 2.14. The van der Waals surface area contributed by atoms with E-state index in [1.165, 1.54) is 5.56 Å². The van der Waals surface area contributed by atoms with E-state index in [0.717, 1.165) is 45.8 Å².